The quantitative estimate of drug-likeness (QED) is 0.536. The number of rotatable bonds is 6. The average Bonchev–Trinajstić information content (AvgIpc) is 3.18. The summed E-state index contributed by atoms with van der Waals surface area (Å²) in [4.78, 5) is 39.4. The first kappa shape index (κ1) is 29.4. The topological polar surface area (TPSA) is 110 Å². The second kappa shape index (κ2) is 10.2. The molecule has 1 N–H and O–H groups in total. The highest BCUT2D eigenvalue weighted by Crippen LogP contribution is 2.43. The number of fused-ring (bicyclic) bond motifs is 1. The minimum absolute atomic E-state index is 0.287. The Morgan fingerprint density at radius 2 is 1.76 bits per heavy atom. The number of nitrogens with zero attached hydrogens (tertiary/aromatic N) is 5. The number of alkyl halides is 7. The van der Waals surface area contributed by atoms with E-state index in [-0.39, 0.29) is 12.4 Å². The second-order valence-electron chi connectivity index (χ2n) is 10.2. The van der Waals surface area contributed by atoms with Gasteiger partial charge in [-0.15, -0.1) is 10.2 Å². The highest BCUT2D eigenvalue weighted by atomic mass is 19.4. The lowest BCUT2D eigenvalue weighted by Gasteiger charge is -2.36. The van der Waals surface area contributed by atoms with Gasteiger partial charge in [-0.2, -0.15) is 22.0 Å². The highest BCUT2D eigenvalue weighted by molar-refractivity contribution is 5.79. The van der Waals surface area contributed by atoms with Gasteiger partial charge >= 0.3 is 18.2 Å². The summed E-state index contributed by atoms with van der Waals surface area (Å²) in [6.45, 7) is 2.16. The molecule has 10 nitrogen and oxygen atoms in total. The fourth-order valence-electron chi connectivity index (χ4n) is 4.03. The Morgan fingerprint density at radius 1 is 1.11 bits per heavy atom. The van der Waals surface area contributed by atoms with E-state index in [9.17, 15) is 45.1 Å². The normalized spacial score (nSPS) is 19.2. The lowest BCUT2D eigenvalue weighted by Crippen LogP contribution is -2.54. The third kappa shape index (κ3) is 6.83. The molecule has 1 fully saturated rings. The zero-order chi connectivity index (χ0) is 28.7. The number of aromatic nitrogens is 3. The molecule has 1 atom stereocenters. The first-order valence-corrected chi connectivity index (χ1v) is 11.6. The van der Waals surface area contributed by atoms with Gasteiger partial charge in [0.05, 0.1) is 19.1 Å². The van der Waals surface area contributed by atoms with Gasteiger partial charge in [0.1, 0.15) is 5.60 Å². The van der Waals surface area contributed by atoms with Crippen LogP contribution in [-0.4, -0.2) is 85.8 Å². The van der Waals surface area contributed by atoms with Gasteiger partial charge in [-0.25, -0.2) is 13.6 Å². The minimum atomic E-state index is -5.90. The molecule has 0 aliphatic carbocycles. The Morgan fingerprint density at radius 3 is 2.37 bits per heavy atom. The van der Waals surface area contributed by atoms with Crippen LogP contribution in [0.2, 0.25) is 0 Å². The number of hydrogen-bond acceptors (Lipinski definition) is 6. The van der Waals surface area contributed by atoms with Crippen LogP contribution in [0, 0.1) is 0 Å². The first-order chi connectivity index (χ1) is 17.3. The monoisotopic (exact) mass is 560 g/mol. The van der Waals surface area contributed by atoms with E-state index in [1.54, 1.807) is 20.8 Å². The number of ether oxygens (including phenoxy) is 1. The molecular formula is C21H27F7N6O4. The van der Waals surface area contributed by atoms with E-state index >= 15 is 0 Å². The lowest BCUT2D eigenvalue weighted by molar-refractivity contribution is -0.293. The van der Waals surface area contributed by atoms with E-state index < -0.39 is 98.8 Å². The number of halogens is 7. The van der Waals surface area contributed by atoms with Gasteiger partial charge in [0.25, 0.3) is 5.92 Å². The molecule has 214 valence electrons. The third-order valence-corrected chi connectivity index (χ3v) is 5.80. The largest absolute Gasteiger partial charge is 0.461 e. The molecule has 38 heavy (non-hydrogen) atoms. The van der Waals surface area contributed by atoms with E-state index in [1.807, 2.05) is 0 Å². The van der Waals surface area contributed by atoms with Crippen molar-refractivity contribution in [3.63, 3.8) is 0 Å². The Labute approximate surface area is 212 Å². The maximum Gasteiger partial charge on any atom is 0.461 e. The SMILES string of the molecule is CC(C)(C)OC(=O)N[C@@H](CC(=O)N1CCn2c(nnc2C(F)(F)C(F)(F)F)C1)CN1CC(F)(F)CCC1=O. The summed E-state index contributed by atoms with van der Waals surface area (Å²) in [7, 11) is 0. The van der Waals surface area contributed by atoms with Crippen LogP contribution in [0.4, 0.5) is 35.5 Å². The predicted molar refractivity (Wildman–Crippen MR) is 114 cm³/mol. The third-order valence-electron chi connectivity index (χ3n) is 5.80. The molecule has 3 heterocycles. The van der Waals surface area contributed by atoms with Crippen molar-refractivity contribution in [2.24, 2.45) is 0 Å². The van der Waals surface area contributed by atoms with Crippen molar-refractivity contribution in [1.82, 2.24) is 29.9 Å². The predicted octanol–water partition coefficient (Wildman–Crippen LogP) is 2.82. The van der Waals surface area contributed by atoms with E-state index in [0.29, 0.717) is 4.57 Å². The lowest BCUT2D eigenvalue weighted by atomic mass is 10.0. The molecule has 1 saturated heterocycles. The molecule has 3 rings (SSSR count). The summed E-state index contributed by atoms with van der Waals surface area (Å²) in [5.74, 6) is -11.6. The fraction of sp³-hybridized carbons (Fsp3) is 0.762. The van der Waals surface area contributed by atoms with Crippen LogP contribution in [0.5, 0.6) is 0 Å². The highest BCUT2D eigenvalue weighted by Gasteiger charge is 2.62. The number of alkyl carbamates (subject to hydrolysis) is 1. The molecule has 0 bridgehead atoms. The van der Waals surface area contributed by atoms with E-state index in [2.05, 4.69) is 15.5 Å². The standard InChI is InChI=1S/C21H27F7N6O4/c1-18(2,3)38-17(37)29-12(9-33-11-19(22,23)5-4-14(33)35)8-15(36)32-6-7-34-13(10-32)30-31-16(34)20(24,25)21(26,27)28/h12H,4-11H2,1-3H3,(H,29,37)/t12-/m0/s1. The van der Waals surface area contributed by atoms with Gasteiger partial charge in [0.15, 0.2) is 5.82 Å². The van der Waals surface area contributed by atoms with E-state index in [0.717, 1.165) is 9.80 Å². The zero-order valence-corrected chi connectivity index (χ0v) is 20.7. The number of hydrogen-bond donors (Lipinski definition) is 1. The van der Waals surface area contributed by atoms with Crippen molar-refractivity contribution >= 4 is 17.9 Å². The van der Waals surface area contributed by atoms with Crippen LogP contribution in [0.1, 0.15) is 51.7 Å². The van der Waals surface area contributed by atoms with Crippen molar-refractivity contribution < 1.29 is 49.9 Å². The average molecular weight is 560 g/mol. The van der Waals surface area contributed by atoms with Gasteiger partial charge < -0.3 is 24.4 Å². The van der Waals surface area contributed by atoms with Gasteiger partial charge in [-0.1, -0.05) is 0 Å². The van der Waals surface area contributed by atoms with Crippen molar-refractivity contribution in [2.45, 2.75) is 82.8 Å². The maximum atomic E-state index is 13.9. The van der Waals surface area contributed by atoms with Crippen LogP contribution in [0.3, 0.4) is 0 Å². The smallest absolute Gasteiger partial charge is 0.444 e. The van der Waals surface area contributed by atoms with Crippen molar-refractivity contribution in [2.75, 3.05) is 19.6 Å². The number of nitrogens with one attached hydrogen (secondary N) is 1. The molecule has 2 aliphatic heterocycles. The molecule has 2 aliphatic rings. The van der Waals surface area contributed by atoms with E-state index in [1.165, 1.54) is 0 Å². The summed E-state index contributed by atoms with van der Waals surface area (Å²) in [5, 5.41) is 8.74. The molecule has 1 aromatic heterocycles. The summed E-state index contributed by atoms with van der Waals surface area (Å²) < 4.78 is 99.4. The Kier molecular flexibility index (Phi) is 7.90. The molecule has 0 spiro atoms. The molecule has 3 amide bonds. The number of carbonyl (C=O) groups is 3. The Hall–Kier alpha value is -3.14. The number of carbonyl (C=O) groups excluding carboxylic acids is 3. The first-order valence-electron chi connectivity index (χ1n) is 11.6. The van der Waals surface area contributed by atoms with Crippen molar-refractivity contribution in [1.29, 1.82) is 0 Å². The van der Waals surface area contributed by atoms with Gasteiger partial charge in [0.2, 0.25) is 17.6 Å². The fourth-order valence-corrected chi connectivity index (χ4v) is 4.03. The van der Waals surface area contributed by atoms with Crippen LogP contribution in [0.25, 0.3) is 0 Å². The van der Waals surface area contributed by atoms with Crippen molar-refractivity contribution in [3.8, 4) is 0 Å². The number of amides is 3. The van der Waals surface area contributed by atoms with Crippen LogP contribution in [-0.2, 0) is 33.3 Å². The molecule has 0 radical (unpaired) electrons. The van der Waals surface area contributed by atoms with E-state index in [4.69, 9.17) is 4.74 Å². The van der Waals surface area contributed by atoms with Crippen LogP contribution in [0.15, 0.2) is 0 Å². The van der Waals surface area contributed by atoms with Gasteiger partial charge in [-0.05, 0) is 20.8 Å². The van der Waals surface area contributed by atoms with Crippen LogP contribution >= 0.6 is 0 Å². The summed E-state index contributed by atoms with van der Waals surface area (Å²) in [5.41, 5.74) is -0.931. The zero-order valence-electron chi connectivity index (χ0n) is 20.7. The number of piperidine rings is 1. The molecule has 1 aromatic rings. The molecular weight excluding hydrogens is 533 g/mol. The second-order valence-corrected chi connectivity index (χ2v) is 10.2. The molecule has 17 heteroatoms. The summed E-state index contributed by atoms with van der Waals surface area (Å²) >= 11 is 0. The molecule has 0 unspecified atom stereocenters. The molecule has 0 aromatic carbocycles. The van der Waals surface area contributed by atoms with Gasteiger partial charge in [0, 0.05) is 38.9 Å². The van der Waals surface area contributed by atoms with Crippen molar-refractivity contribution in [3.05, 3.63) is 11.6 Å². The summed E-state index contributed by atoms with van der Waals surface area (Å²) in [6.07, 6.45) is -8.42. The Bertz CT molecular complexity index is 1070. The van der Waals surface area contributed by atoms with Gasteiger partial charge in [-0.3, -0.25) is 9.59 Å². The van der Waals surface area contributed by atoms with Crippen LogP contribution < -0.4 is 5.32 Å². The Balaban J connectivity index is 1.74. The minimum Gasteiger partial charge on any atom is -0.444 e. The number of likely N-dealkylation sites (tertiary alicyclic amines) is 1. The molecule has 0 saturated carbocycles. The maximum absolute atomic E-state index is 13.9. The summed E-state index contributed by atoms with van der Waals surface area (Å²) in [6, 6.07) is -1.17.